The van der Waals surface area contributed by atoms with Gasteiger partial charge in [-0.1, -0.05) is 71.9 Å². The second-order valence-electron chi connectivity index (χ2n) is 15.7. The maximum atomic E-state index is 14.2. The summed E-state index contributed by atoms with van der Waals surface area (Å²) in [6.07, 6.45) is -4.70. The number of benzene rings is 3. The van der Waals surface area contributed by atoms with Gasteiger partial charge in [0.25, 0.3) is 10.0 Å². The third-order valence-electron chi connectivity index (χ3n) is 9.87. The molecule has 51 heavy (non-hydrogen) atoms. The number of alkyl halides is 3. The zero-order valence-electron chi connectivity index (χ0n) is 31.4. The maximum absolute atomic E-state index is 14.2. The molecular weight excluding hydrogens is 716 g/mol. The Kier molecular flexibility index (Phi) is 13.1. The van der Waals surface area contributed by atoms with E-state index in [0.717, 1.165) is 18.2 Å². The standard InChI is InChI=1S/C37H52F3NO7SSi2/c1-35(2,3)50(8,9)47-24-28(25-48-51(10,11)36(4,5)6)30-14-12-13-15-33(30)49(43,44)41-31-21-20-29(37(38,39)40)22-32(31)46-23-26-16-18-27(19-17-26)34(42)45-7/h12-22,28,41H,23-25H2,1-11H3. The highest BCUT2D eigenvalue weighted by Crippen LogP contribution is 2.41. The number of carbonyl (C=O) groups excluding carboxylic acids is 1. The third kappa shape index (κ3) is 10.9. The molecule has 3 aromatic carbocycles. The summed E-state index contributed by atoms with van der Waals surface area (Å²) in [4.78, 5) is 11.8. The van der Waals surface area contributed by atoms with Gasteiger partial charge in [0.1, 0.15) is 12.4 Å². The minimum absolute atomic E-state index is 0.0445. The van der Waals surface area contributed by atoms with Gasteiger partial charge in [-0.3, -0.25) is 4.72 Å². The number of carbonyl (C=O) groups is 1. The van der Waals surface area contributed by atoms with Gasteiger partial charge in [0.2, 0.25) is 0 Å². The lowest BCUT2D eigenvalue weighted by atomic mass is 10.0. The van der Waals surface area contributed by atoms with Gasteiger partial charge in [-0.15, -0.1) is 0 Å². The number of esters is 1. The lowest BCUT2D eigenvalue weighted by molar-refractivity contribution is -0.137. The van der Waals surface area contributed by atoms with Crippen molar-refractivity contribution >= 4 is 38.3 Å². The van der Waals surface area contributed by atoms with E-state index < -0.39 is 50.3 Å². The zero-order chi connectivity index (χ0) is 38.6. The van der Waals surface area contributed by atoms with E-state index in [1.54, 1.807) is 30.3 Å². The number of hydrogen-bond acceptors (Lipinski definition) is 7. The Morgan fingerprint density at radius 2 is 1.33 bits per heavy atom. The van der Waals surface area contributed by atoms with E-state index >= 15 is 0 Å². The smallest absolute Gasteiger partial charge is 0.416 e. The van der Waals surface area contributed by atoms with Crippen LogP contribution in [0.25, 0.3) is 0 Å². The Labute approximate surface area is 303 Å². The normalized spacial score (nSPS) is 13.3. The molecule has 0 fully saturated rings. The highest BCUT2D eigenvalue weighted by Gasteiger charge is 2.41. The predicted molar refractivity (Wildman–Crippen MR) is 200 cm³/mol. The molecule has 0 bridgehead atoms. The van der Waals surface area contributed by atoms with Crippen LogP contribution in [0.1, 0.15) is 74.5 Å². The van der Waals surface area contributed by atoms with Gasteiger partial charge in [0.15, 0.2) is 16.6 Å². The maximum Gasteiger partial charge on any atom is 0.416 e. The van der Waals surface area contributed by atoms with E-state index in [2.05, 4.69) is 72.5 Å². The number of ether oxygens (including phenoxy) is 2. The summed E-state index contributed by atoms with van der Waals surface area (Å²) < 4.78 is 95.9. The van der Waals surface area contributed by atoms with Gasteiger partial charge in [-0.05, 0) is 83.8 Å². The average molecular weight is 768 g/mol. The molecule has 1 N–H and O–H groups in total. The monoisotopic (exact) mass is 767 g/mol. The predicted octanol–water partition coefficient (Wildman–Crippen LogP) is 10.00. The topological polar surface area (TPSA) is 100 Å². The largest absolute Gasteiger partial charge is 0.487 e. The van der Waals surface area contributed by atoms with E-state index in [0.29, 0.717) is 11.1 Å². The molecule has 0 radical (unpaired) electrons. The quantitative estimate of drug-likeness (QED) is 0.129. The van der Waals surface area contributed by atoms with Crippen LogP contribution >= 0.6 is 0 Å². The molecule has 0 heterocycles. The lowest BCUT2D eigenvalue weighted by Crippen LogP contribution is -2.44. The van der Waals surface area contributed by atoms with Crippen LogP contribution in [0.3, 0.4) is 0 Å². The second-order valence-corrected chi connectivity index (χ2v) is 26.9. The van der Waals surface area contributed by atoms with Crippen molar-refractivity contribution in [1.29, 1.82) is 0 Å². The Morgan fingerprint density at radius 3 is 1.82 bits per heavy atom. The van der Waals surface area contributed by atoms with E-state index in [1.807, 2.05) is 0 Å². The molecule has 14 heteroatoms. The number of anilines is 1. The van der Waals surface area contributed by atoms with Crippen molar-refractivity contribution in [1.82, 2.24) is 0 Å². The molecule has 0 amide bonds. The van der Waals surface area contributed by atoms with Crippen molar-refractivity contribution in [2.45, 2.75) is 101 Å². The zero-order valence-corrected chi connectivity index (χ0v) is 34.3. The number of nitrogens with one attached hydrogen (secondary N) is 1. The first-order chi connectivity index (χ1) is 23.3. The molecule has 3 rings (SSSR count). The van der Waals surface area contributed by atoms with Gasteiger partial charge >= 0.3 is 12.1 Å². The highest BCUT2D eigenvalue weighted by atomic mass is 32.2. The van der Waals surface area contributed by atoms with Crippen molar-refractivity contribution < 1.29 is 44.7 Å². The number of methoxy groups -OCH3 is 1. The minimum Gasteiger partial charge on any atom is -0.487 e. The van der Waals surface area contributed by atoms with Crippen molar-refractivity contribution in [3.05, 3.63) is 89.0 Å². The van der Waals surface area contributed by atoms with Crippen molar-refractivity contribution in [2.75, 3.05) is 25.0 Å². The Bertz CT molecular complexity index is 1740. The van der Waals surface area contributed by atoms with Crippen molar-refractivity contribution in [3.8, 4) is 5.75 Å². The molecule has 0 spiro atoms. The number of halogens is 3. The van der Waals surface area contributed by atoms with Crippen LogP contribution in [0.15, 0.2) is 71.6 Å². The third-order valence-corrected chi connectivity index (χ3v) is 20.3. The molecule has 0 atom stereocenters. The molecule has 0 aliphatic rings. The highest BCUT2D eigenvalue weighted by molar-refractivity contribution is 7.92. The van der Waals surface area contributed by atoms with Crippen LogP contribution < -0.4 is 9.46 Å². The van der Waals surface area contributed by atoms with Gasteiger partial charge in [0, 0.05) is 19.1 Å². The van der Waals surface area contributed by atoms with Gasteiger partial charge in [0.05, 0.1) is 28.8 Å². The number of sulfonamides is 1. The number of hydrogen-bond donors (Lipinski definition) is 1. The first-order valence-electron chi connectivity index (χ1n) is 16.7. The Hall–Kier alpha value is -3.18. The minimum atomic E-state index is -4.70. The molecule has 0 aliphatic heterocycles. The van der Waals surface area contributed by atoms with Crippen LogP contribution in [0.2, 0.25) is 36.3 Å². The molecular formula is C37H52F3NO7SSi2. The first kappa shape index (κ1) is 42.2. The summed E-state index contributed by atoms with van der Waals surface area (Å²) in [5.41, 5.74) is 0.117. The summed E-state index contributed by atoms with van der Waals surface area (Å²) >= 11 is 0. The molecule has 0 aromatic heterocycles. The van der Waals surface area contributed by atoms with Crippen molar-refractivity contribution in [3.63, 3.8) is 0 Å². The fourth-order valence-electron chi connectivity index (χ4n) is 4.46. The summed E-state index contributed by atoms with van der Waals surface area (Å²) in [7, 11) is -7.63. The van der Waals surface area contributed by atoms with Crippen LogP contribution in [0.5, 0.6) is 5.75 Å². The molecule has 0 saturated carbocycles. The van der Waals surface area contributed by atoms with E-state index in [9.17, 15) is 26.4 Å². The molecule has 8 nitrogen and oxygen atoms in total. The summed E-state index contributed by atoms with van der Waals surface area (Å²) in [5.74, 6) is -1.32. The lowest BCUT2D eigenvalue weighted by Gasteiger charge is -2.39. The SMILES string of the molecule is COC(=O)c1ccc(COc2cc(C(F)(F)F)ccc2NS(=O)(=O)c2ccccc2C(CO[Si](C)(C)C(C)(C)C)CO[Si](C)(C)C(C)(C)C)cc1. The van der Waals surface area contributed by atoms with E-state index in [4.69, 9.17) is 18.3 Å². The van der Waals surface area contributed by atoms with Crippen LogP contribution in [0.4, 0.5) is 18.9 Å². The summed E-state index contributed by atoms with van der Waals surface area (Å²) in [5, 5.41) is -0.180. The Morgan fingerprint density at radius 1 is 0.804 bits per heavy atom. The van der Waals surface area contributed by atoms with Crippen LogP contribution in [0, 0.1) is 0 Å². The van der Waals surface area contributed by atoms with Gasteiger partial charge < -0.3 is 18.3 Å². The molecule has 282 valence electrons. The molecule has 0 unspecified atom stereocenters. The summed E-state index contributed by atoms with van der Waals surface area (Å²) in [6, 6.07) is 15.3. The average Bonchev–Trinajstić information content (AvgIpc) is 3.02. The Balaban J connectivity index is 2.03. The van der Waals surface area contributed by atoms with E-state index in [-0.39, 0.29) is 51.8 Å². The van der Waals surface area contributed by atoms with Gasteiger partial charge in [-0.25, -0.2) is 13.2 Å². The van der Waals surface area contributed by atoms with Crippen LogP contribution in [-0.2, 0) is 36.4 Å². The fourth-order valence-corrected chi connectivity index (χ4v) is 7.93. The number of rotatable bonds is 14. The molecule has 0 saturated heterocycles. The van der Waals surface area contributed by atoms with Crippen molar-refractivity contribution in [2.24, 2.45) is 0 Å². The first-order valence-corrected chi connectivity index (χ1v) is 24.0. The fraction of sp³-hybridized carbons (Fsp3) is 0.486. The molecule has 3 aromatic rings. The van der Waals surface area contributed by atoms with E-state index in [1.165, 1.54) is 25.3 Å². The van der Waals surface area contributed by atoms with Crippen LogP contribution in [-0.4, -0.2) is 51.3 Å². The van der Waals surface area contributed by atoms with Gasteiger partial charge in [-0.2, -0.15) is 13.2 Å². The second kappa shape index (κ2) is 15.8. The molecule has 0 aliphatic carbocycles. The summed E-state index contributed by atoms with van der Waals surface area (Å²) in [6.45, 7) is 21.5.